The highest BCUT2D eigenvalue weighted by Gasteiger charge is 2.39. The lowest BCUT2D eigenvalue weighted by Gasteiger charge is -2.20. The average molecular weight is 299 g/mol. The molecule has 20 heavy (non-hydrogen) atoms. The lowest BCUT2D eigenvalue weighted by Crippen LogP contribution is -2.33. The molecule has 0 amide bonds. The third-order valence-corrected chi connectivity index (χ3v) is 5.35. The zero-order chi connectivity index (χ0) is 14.9. The summed E-state index contributed by atoms with van der Waals surface area (Å²) in [4.78, 5) is 10.2. The summed E-state index contributed by atoms with van der Waals surface area (Å²) in [6.45, 7) is 2.05. The largest absolute Gasteiger partial charge is 0.388 e. The van der Waals surface area contributed by atoms with Gasteiger partial charge in [-0.2, -0.15) is 4.31 Å². The van der Waals surface area contributed by atoms with Crippen LogP contribution in [-0.4, -0.2) is 37.3 Å². The van der Waals surface area contributed by atoms with Crippen molar-refractivity contribution >= 4 is 21.4 Å². The van der Waals surface area contributed by atoms with Crippen molar-refractivity contribution in [2.45, 2.75) is 30.7 Å². The normalized spacial score (nSPS) is 15.3. The maximum Gasteiger partial charge on any atom is 0.289 e. The first-order valence-corrected chi connectivity index (χ1v) is 7.83. The summed E-state index contributed by atoms with van der Waals surface area (Å²) in [7, 11) is -2.21. The molecule has 0 aromatic heterocycles. The summed E-state index contributed by atoms with van der Waals surface area (Å²) < 4.78 is 26.6. The van der Waals surface area contributed by atoms with Gasteiger partial charge in [-0.3, -0.25) is 10.1 Å². The molecule has 1 fully saturated rings. The molecule has 1 aromatic carbocycles. The van der Waals surface area contributed by atoms with Crippen LogP contribution in [0.3, 0.4) is 0 Å². The number of nitro groups is 1. The molecule has 110 valence electrons. The van der Waals surface area contributed by atoms with E-state index >= 15 is 0 Å². The number of nitrogens with zero attached hydrogens (tertiary/aromatic N) is 2. The fourth-order valence-electron chi connectivity index (χ4n) is 2.14. The van der Waals surface area contributed by atoms with Gasteiger partial charge in [0.1, 0.15) is 0 Å². The molecule has 1 saturated carbocycles. The van der Waals surface area contributed by atoms with E-state index in [9.17, 15) is 18.5 Å². The van der Waals surface area contributed by atoms with E-state index in [-0.39, 0.29) is 16.6 Å². The summed E-state index contributed by atoms with van der Waals surface area (Å²) in [5.74, 6) is 0. The Balaban J connectivity index is 2.56. The monoisotopic (exact) mass is 299 g/mol. The molecule has 7 nitrogen and oxygen atoms in total. The van der Waals surface area contributed by atoms with Crippen LogP contribution in [0.2, 0.25) is 0 Å². The highest BCUT2D eigenvalue weighted by molar-refractivity contribution is 7.89. The highest BCUT2D eigenvalue weighted by Crippen LogP contribution is 2.35. The number of hydrogen-bond acceptors (Lipinski definition) is 5. The van der Waals surface area contributed by atoms with E-state index in [1.165, 1.54) is 22.5 Å². The van der Waals surface area contributed by atoms with Crippen molar-refractivity contribution in [1.82, 2.24) is 4.31 Å². The van der Waals surface area contributed by atoms with Crippen molar-refractivity contribution in [3.05, 3.63) is 28.3 Å². The number of nitro benzene ring substituents is 1. The van der Waals surface area contributed by atoms with E-state index in [0.717, 1.165) is 12.8 Å². The molecule has 8 heteroatoms. The fourth-order valence-corrected chi connectivity index (χ4v) is 4.02. The lowest BCUT2D eigenvalue weighted by atomic mass is 10.3. The molecule has 1 aliphatic carbocycles. The summed E-state index contributed by atoms with van der Waals surface area (Å²) in [6.07, 6.45) is 1.62. The Morgan fingerprint density at radius 2 is 2.10 bits per heavy atom. The van der Waals surface area contributed by atoms with E-state index < -0.39 is 14.9 Å². The third kappa shape index (κ3) is 2.61. The number of hydrogen-bond donors (Lipinski definition) is 1. The lowest BCUT2D eigenvalue weighted by molar-refractivity contribution is -0.387. The minimum atomic E-state index is -3.84. The molecule has 0 atom stereocenters. The van der Waals surface area contributed by atoms with Gasteiger partial charge in [-0.1, -0.05) is 6.92 Å². The first kappa shape index (κ1) is 14.7. The van der Waals surface area contributed by atoms with E-state index in [0.29, 0.717) is 12.2 Å². The zero-order valence-corrected chi connectivity index (χ0v) is 12.2. The molecule has 1 aliphatic rings. The van der Waals surface area contributed by atoms with Crippen LogP contribution in [0.5, 0.6) is 0 Å². The van der Waals surface area contributed by atoms with Crippen LogP contribution in [0.15, 0.2) is 23.1 Å². The standard InChI is InChI=1S/C12H17N3O4S/c1-3-14(10-5-6-10)20(18,19)12-8-9(13-2)4-7-11(12)15(16)17/h4,7-8,10,13H,3,5-6H2,1-2H3. The molecule has 0 heterocycles. The maximum absolute atomic E-state index is 12.6. The van der Waals surface area contributed by atoms with Gasteiger partial charge in [-0.05, 0) is 25.0 Å². The Morgan fingerprint density at radius 1 is 1.45 bits per heavy atom. The third-order valence-electron chi connectivity index (χ3n) is 3.30. The van der Waals surface area contributed by atoms with Gasteiger partial charge in [0, 0.05) is 31.4 Å². The molecule has 0 aliphatic heterocycles. The second kappa shape index (κ2) is 5.37. The van der Waals surface area contributed by atoms with Crippen molar-refractivity contribution in [3.8, 4) is 0 Å². The van der Waals surface area contributed by atoms with Crippen molar-refractivity contribution in [2.24, 2.45) is 0 Å². The van der Waals surface area contributed by atoms with E-state index in [1.54, 1.807) is 14.0 Å². The van der Waals surface area contributed by atoms with Crippen molar-refractivity contribution in [3.63, 3.8) is 0 Å². The number of rotatable bonds is 6. The topological polar surface area (TPSA) is 92.6 Å². The molecule has 0 saturated heterocycles. The first-order chi connectivity index (χ1) is 9.41. The molecular formula is C12H17N3O4S. The van der Waals surface area contributed by atoms with Gasteiger partial charge in [0.2, 0.25) is 10.0 Å². The van der Waals surface area contributed by atoms with Gasteiger partial charge in [-0.15, -0.1) is 0 Å². The van der Waals surface area contributed by atoms with Crippen LogP contribution >= 0.6 is 0 Å². The minimum Gasteiger partial charge on any atom is -0.388 e. The van der Waals surface area contributed by atoms with E-state index in [4.69, 9.17) is 0 Å². The van der Waals surface area contributed by atoms with Crippen LogP contribution in [-0.2, 0) is 10.0 Å². The zero-order valence-electron chi connectivity index (χ0n) is 11.4. The van der Waals surface area contributed by atoms with Crippen molar-refractivity contribution in [1.29, 1.82) is 0 Å². The Morgan fingerprint density at radius 3 is 2.55 bits per heavy atom. The molecule has 0 radical (unpaired) electrons. The summed E-state index contributed by atoms with van der Waals surface area (Å²) in [6, 6.07) is 4.01. The summed E-state index contributed by atoms with van der Waals surface area (Å²) in [5.41, 5.74) is 0.143. The van der Waals surface area contributed by atoms with E-state index in [2.05, 4.69) is 5.32 Å². The minimum absolute atomic E-state index is 0.0251. The van der Waals surface area contributed by atoms with E-state index in [1.807, 2.05) is 0 Å². The van der Waals surface area contributed by atoms with Crippen molar-refractivity contribution in [2.75, 3.05) is 18.9 Å². The maximum atomic E-state index is 12.6. The molecule has 1 aromatic rings. The fraction of sp³-hybridized carbons (Fsp3) is 0.500. The van der Waals surface area contributed by atoms with Crippen LogP contribution in [0, 0.1) is 10.1 Å². The first-order valence-electron chi connectivity index (χ1n) is 6.39. The predicted octanol–water partition coefficient (Wildman–Crippen LogP) is 1.81. The summed E-state index contributed by atoms with van der Waals surface area (Å²) >= 11 is 0. The van der Waals surface area contributed by atoms with Gasteiger partial charge in [0.25, 0.3) is 5.69 Å². The number of nitrogens with one attached hydrogen (secondary N) is 1. The molecule has 2 rings (SSSR count). The number of benzene rings is 1. The summed E-state index contributed by atoms with van der Waals surface area (Å²) in [5, 5.41) is 13.9. The molecule has 0 unspecified atom stereocenters. The quantitative estimate of drug-likeness (QED) is 0.638. The smallest absolute Gasteiger partial charge is 0.289 e. The van der Waals surface area contributed by atoms with Crippen molar-refractivity contribution < 1.29 is 13.3 Å². The van der Waals surface area contributed by atoms with Crippen LogP contribution in [0.1, 0.15) is 19.8 Å². The van der Waals surface area contributed by atoms with Gasteiger partial charge in [0.15, 0.2) is 4.90 Å². The Bertz CT molecular complexity index is 626. The van der Waals surface area contributed by atoms with Crippen LogP contribution < -0.4 is 5.32 Å². The van der Waals surface area contributed by atoms with Gasteiger partial charge in [-0.25, -0.2) is 8.42 Å². The van der Waals surface area contributed by atoms with Gasteiger partial charge in [0.05, 0.1) is 4.92 Å². The van der Waals surface area contributed by atoms with Crippen LogP contribution in [0.25, 0.3) is 0 Å². The Hall–Kier alpha value is -1.67. The Labute approximate surface area is 117 Å². The predicted molar refractivity (Wildman–Crippen MR) is 75.2 cm³/mol. The van der Waals surface area contributed by atoms with Gasteiger partial charge >= 0.3 is 0 Å². The SMILES string of the molecule is CCN(C1CC1)S(=O)(=O)c1cc(NC)ccc1[N+](=O)[O-]. The number of sulfonamides is 1. The molecule has 0 spiro atoms. The molecule has 1 N–H and O–H groups in total. The van der Waals surface area contributed by atoms with Gasteiger partial charge < -0.3 is 5.32 Å². The second-order valence-electron chi connectivity index (χ2n) is 4.63. The Kier molecular flexibility index (Phi) is 3.96. The molecule has 0 bridgehead atoms. The number of anilines is 1. The average Bonchev–Trinajstić information content (AvgIpc) is 3.23. The second-order valence-corrected chi connectivity index (χ2v) is 6.49. The highest BCUT2D eigenvalue weighted by atomic mass is 32.2. The van der Waals surface area contributed by atoms with Crippen LogP contribution in [0.4, 0.5) is 11.4 Å². The molecular weight excluding hydrogens is 282 g/mol.